The van der Waals surface area contributed by atoms with E-state index in [9.17, 15) is 19.2 Å². The van der Waals surface area contributed by atoms with Gasteiger partial charge >= 0.3 is 11.9 Å². The quantitative estimate of drug-likeness (QED) is 0.417. The topological polar surface area (TPSA) is 111 Å². The number of nitrogens with one attached hydrogen (secondary N) is 1. The summed E-state index contributed by atoms with van der Waals surface area (Å²) in [5, 5.41) is 2.60. The molecule has 1 heterocycles. The molecule has 9 nitrogen and oxygen atoms in total. The molecular weight excluding hydrogens is 488 g/mol. The van der Waals surface area contributed by atoms with Crippen molar-refractivity contribution in [3.05, 3.63) is 83.9 Å². The van der Waals surface area contributed by atoms with Crippen molar-refractivity contribution in [1.29, 1.82) is 0 Å². The second-order valence-corrected chi connectivity index (χ2v) is 8.77. The van der Waals surface area contributed by atoms with Crippen LogP contribution in [0.3, 0.4) is 0 Å². The van der Waals surface area contributed by atoms with Crippen LogP contribution >= 0.6 is 0 Å². The zero-order valence-corrected chi connectivity index (χ0v) is 21.1. The summed E-state index contributed by atoms with van der Waals surface area (Å²) in [5.41, 5.74) is 2.58. The summed E-state index contributed by atoms with van der Waals surface area (Å²) in [6.45, 7) is 3.65. The van der Waals surface area contributed by atoms with Crippen molar-refractivity contribution in [2.45, 2.75) is 20.3 Å². The lowest BCUT2D eigenvalue weighted by Crippen LogP contribution is -2.28. The maximum atomic E-state index is 12.6. The van der Waals surface area contributed by atoms with Gasteiger partial charge in [-0.1, -0.05) is 17.7 Å². The van der Waals surface area contributed by atoms with Crippen molar-refractivity contribution >= 4 is 35.1 Å². The molecule has 3 aromatic carbocycles. The fourth-order valence-electron chi connectivity index (χ4n) is 3.91. The monoisotopic (exact) mass is 516 g/mol. The second kappa shape index (κ2) is 12.1. The Bertz CT molecular complexity index is 1300. The SMILES string of the molecule is CCOC(=O)c1ccc(NC(=O)COC(=O)[C@@H]2CC(=O)N(c3ccc(Oc4ccc(C)cc4)cc3)C2)cc1. The molecule has 0 aliphatic carbocycles. The smallest absolute Gasteiger partial charge is 0.338 e. The number of esters is 2. The molecule has 0 aromatic heterocycles. The van der Waals surface area contributed by atoms with Crippen molar-refractivity contribution in [3.8, 4) is 11.5 Å². The average Bonchev–Trinajstić information content (AvgIpc) is 3.31. The summed E-state index contributed by atoms with van der Waals surface area (Å²) >= 11 is 0. The summed E-state index contributed by atoms with van der Waals surface area (Å²) in [7, 11) is 0. The highest BCUT2D eigenvalue weighted by Gasteiger charge is 2.36. The highest BCUT2D eigenvalue weighted by molar-refractivity contribution is 6.00. The van der Waals surface area contributed by atoms with Gasteiger partial charge in [0.2, 0.25) is 5.91 Å². The number of ether oxygens (including phenoxy) is 3. The lowest BCUT2D eigenvalue weighted by molar-refractivity contribution is -0.151. The van der Waals surface area contributed by atoms with Crippen molar-refractivity contribution in [3.63, 3.8) is 0 Å². The van der Waals surface area contributed by atoms with Crippen molar-refractivity contribution in [2.75, 3.05) is 30.0 Å². The molecule has 9 heteroatoms. The fourth-order valence-corrected chi connectivity index (χ4v) is 3.91. The van der Waals surface area contributed by atoms with Gasteiger partial charge in [-0.15, -0.1) is 0 Å². The first-order chi connectivity index (χ1) is 18.3. The molecule has 1 aliphatic heterocycles. The third kappa shape index (κ3) is 6.76. The Balaban J connectivity index is 1.25. The molecule has 0 radical (unpaired) electrons. The van der Waals surface area contributed by atoms with E-state index >= 15 is 0 Å². The van der Waals surface area contributed by atoms with Gasteiger partial charge in [0.25, 0.3) is 5.91 Å². The Morgan fingerprint density at radius 3 is 2.16 bits per heavy atom. The number of amides is 2. The van der Waals surface area contributed by atoms with E-state index in [1.54, 1.807) is 43.3 Å². The molecule has 0 bridgehead atoms. The molecule has 0 unspecified atom stereocenters. The van der Waals surface area contributed by atoms with Gasteiger partial charge in [-0.05, 0) is 74.5 Å². The summed E-state index contributed by atoms with van der Waals surface area (Å²) in [6, 6.07) is 20.9. The van der Waals surface area contributed by atoms with E-state index in [-0.39, 0.29) is 25.5 Å². The first-order valence-electron chi connectivity index (χ1n) is 12.2. The van der Waals surface area contributed by atoms with Crippen LogP contribution in [0.5, 0.6) is 11.5 Å². The molecular formula is C29H28N2O7. The molecule has 2 amide bonds. The van der Waals surface area contributed by atoms with Crippen LogP contribution in [0, 0.1) is 12.8 Å². The van der Waals surface area contributed by atoms with Crippen LogP contribution in [-0.2, 0) is 23.9 Å². The van der Waals surface area contributed by atoms with E-state index in [1.165, 1.54) is 17.0 Å². The van der Waals surface area contributed by atoms with Gasteiger partial charge in [0.1, 0.15) is 11.5 Å². The summed E-state index contributed by atoms with van der Waals surface area (Å²) in [6.07, 6.45) is -0.00259. The molecule has 1 fully saturated rings. The summed E-state index contributed by atoms with van der Waals surface area (Å²) in [4.78, 5) is 50.5. The minimum absolute atomic E-state index is 0.00259. The molecule has 1 atom stereocenters. The van der Waals surface area contributed by atoms with Gasteiger partial charge in [0, 0.05) is 24.3 Å². The maximum Gasteiger partial charge on any atom is 0.338 e. The summed E-state index contributed by atoms with van der Waals surface area (Å²) in [5.74, 6) is -1.15. The molecule has 1 saturated heterocycles. The minimum Gasteiger partial charge on any atom is -0.462 e. The number of nitrogens with zero attached hydrogens (tertiary/aromatic N) is 1. The highest BCUT2D eigenvalue weighted by atomic mass is 16.5. The molecule has 1 aliphatic rings. The number of anilines is 2. The Hall–Kier alpha value is -4.66. The van der Waals surface area contributed by atoms with E-state index in [4.69, 9.17) is 14.2 Å². The minimum atomic E-state index is -0.678. The number of carbonyl (C=O) groups excluding carboxylic acids is 4. The Labute approximate surface area is 220 Å². The third-order valence-electron chi connectivity index (χ3n) is 5.89. The Morgan fingerprint density at radius 1 is 0.895 bits per heavy atom. The van der Waals surface area contributed by atoms with Crippen LogP contribution in [-0.4, -0.2) is 43.5 Å². The summed E-state index contributed by atoms with van der Waals surface area (Å²) < 4.78 is 15.9. The van der Waals surface area contributed by atoms with Crippen LogP contribution in [0.1, 0.15) is 29.3 Å². The molecule has 1 N–H and O–H groups in total. The van der Waals surface area contributed by atoms with E-state index in [2.05, 4.69) is 5.32 Å². The number of aryl methyl sites for hydroxylation is 1. The first-order valence-corrected chi connectivity index (χ1v) is 12.2. The van der Waals surface area contributed by atoms with E-state index in [0.717, 1.165) is 5.56 Å². The van der Waals surface area contributed by atoms with E-state index < -0.39 is 30.4 Å². The molecule has 38 heavy (non-hydrogen) atoms. The van der Waals surface area contributed by atoms with Gasteiger partial charge in [0.05, 0.1) is 18.1 Å². The van der Waals surface area contributed by atoms with Crippen LogP contribution in [0.4, 0.5) is 11.4 Å². The van der Waals surface area contributed by atoms with Crippen molar-refractivity contribution in [2.24, 2.45) is 5.92 Å². The van der Waals surface area contributed by atoms with Crippen LogP contribution < -0.4 is 15.0 Å². The molecule has 0 spiro atoms. The number of rotatable bonds is 9. The fraction of sp³-hybridized carbons (Fsp3) is 0.241. The van der Waals surface area contributed by atoms with Gasteiger partial charge < -0.3 is 24.4 Å². The molecule has 3 aromatic rings. The number of hydrogen-bond donors (Lipinski definition) is 1. The van der Waals surface area contributed by atoms with Crippen LogP contribution in [0.25, 0.3) is 0 Å². The second-order valence-electron chi connectivity index (χ2n) is 8.77. The van der Waals surface area contributed by atoms with Crippen molar-refractivity contribution in [1.82, 2.24) is 0 Å². The van der Waals surface area contributed by atoms with Gasteiger partial charge in [-0.3, -0.25) is 14.4 Å². The number of benzene rings is 3. The third-order valence-corrected chi connectivity index (χ3v) is 5.89. The largest absolute Gasteiger partial charge is 0.462 e. The zero-order chi connectivity index (χ0) is 27.1. The van der Waals surface area contributed by atoms with Gasteiger partial charge in [0.15, 0.2) is 6.61 Å². The number of carbonyl (C=O) groups is 4. The lowest BCUT2D eigenvalue weighted by Gasteiger charge is -2.17. The average molecular weight is 517 g/mol. The molecule has 0 saturated carbocycles. The highest BCUT2D eigenvalue weighted by Crippen LogP contribution is 2.29. The molecule has 4 rings (SSSR count). The standard InChI is InChI=1S/C29H28N2O7/c1-3-36-28(34)20-6-8-22(9-7-20)30-26(32)18-37-29(35)21-16-27(33)31(17-21)23-10-14-25(15-11-23)38-24-12-4-19(2)5-13-24/h4-15,21H,3,16-18H2,1-2H3,(H,30,32)/t21-/m1/s1. The van der Waals surface area contributed by atoms with Crippen molar-refractivity contribution < 1.29 is 33.4 Å². The Morgan fingerprint density at radius 2 is 1.53 bits per heavy atom. The lowest BCUT2D eigenvalue weighted by atomic mass is 10.1. The van der Waals surface area contributed by atoms with Crippen LogP contribution in [0.15, 0.2) is 72.8 Å². The Kier molecular flexibility index (Phi) is 8.37. The normalized spacial score (nSPS) is 14.6. The first kappa shape index (κ1) is 26.4. The zero-order valence-electron chi connectivity index (χ0n) is 21.1. The molecule has 196 valence electrons. The predicted molar refractivity (Wildman–Crippen MR) is 140 cm³/mol. The maximum absolute atomic E-state index is 12.6. The van der Waals surface area contributed by atoms with Crippen LogP contribution in [0.2, 0.25) is 0 Å². The van der Waals surface area contributed by atoms with Gasteiger partial charge in [-0.2, -0.15) is 0 Å². The number of hydrogen-bond acceptors (Lipinski definition) is 7. The van der Waals surface area contributed by atoms with E-state index in [1.807, 2.05) is 31.2 Å². The van der Waals surface area contributed by atoms with Gasteiger partial charge in [-0.25, -0.2) is 4.79 Å². The van der Waals surface area contributed by atoms with E-state index in [0.29, 0.717) is 28.4 Å². The predicted octanol–water partition coefficient (Wildman–Crippen LogP) is 4.50.